The first-order valence-corrected chi connectivity index (χ1v) is 12.7. The van der Waals surface area contributed by atoms with Crippen LogP contribution in [0.25, 0.3) is 11.6 Å². The minimum absolute atomic E-state index is 0.220. The maximum absolute atomic E-state index is 6.52. The average Bonchev–Trinajstić information content (AvgIpc) is 3.31. The molecule has 1 fully saturated rings. The second-order valence-electron chi connectivity index (χ2n) is 9.52. The molecule has 1 aliphatic heterocycles. The van der Waals surface area contributed by atoms with Crippen molar-refractivity contribution in [2.45, 2.75) is 63.3 Å². The van der Waals surface area contributed by atoms with Crippen LogP contribution in [-0.2, 0) is 18.3 Å². The van der Waals surface area contributed by atoms with E-state index in [1.807, 2.05) is 0 Å². The Kier molecular flexibility index (Phi) is 5.02. The summed E-state index contributed by atoms with van der Waals surface area (Å²) in [4.78, 5) is 17.4. The molecule has 2 aliphatic carbocycles. The second kappa shape index (κ2) is 7.95. The van der Waals surface area contributed by atoms with Crippen LogP contribution in [0, 0.1) is 0 Å². The Bertz CT molecular complexity index is 1190. The van der Waals surface area contributed by atoms with E-state index in [4.69, 9.17) is 21.0 Å². The molecule has 3 aromatic heterocycles. The monoisotopic (exact) mass is 466 g/mol. The zero-order chi connectivity index (χ0) is 22.6. The first kappa shape index (κ1) is 20.9. The van der Waals surface area contributed by atoms with E-state index in [0.717, 1.165) is 86.5 Å². The number of aryl methyl sites for hydroxylation is 1. The Morgan fingerprint density at radius 3 is 2.91 bits per heavy atom. The molecule has 0 bridgehead atoms. The normalized spacial score (nSPS) is 25.0. The van der Waals surface area contributed by atoms with Crippen molar-refractivity contribution in [3.63, 3.8) is 0 Å². The van der Waals surface area contributed by atoms with E-state index in [1.165, 1.54) is 10.4 Å². The van der Waals surface area contributed by atoms with Crippen LogP contribution in [-0.4, -0.2) is 45.8 Å². The van der Waals surface area contributed by atoms with Crippen LogP contribution in [0.15, 0.2) is 10.9 Å². The lowest BCUT2D eigenvalue weighted by Crippen LogP contribution is -2.38. The molecule has 33 heavy (non-hydrogen) atoms. The number of aromatic nitrogens is 4. The zero-order valence-corrected chi connectivity index (χ0v) is 19.7. The highest BCUT2D eigenvalue weighted by Crippen LogP contribution is 2.55. The van der Waals surface area contributed by atoms with Gasteiger partial charge in [0.1, 0.15) is 11.3 Å². The summed E-state index contributed by atoms with van der Waals surface area (Å²) in [5.74, 6) is 1.92. The van der Waals surface area contributed by atoms with Crippen LogP contribution >= 0.6 is 11.3 Å². The molecule has 1 spiro atoms. The van der Waals surface area contributed by atoms with Crippen LogP contribution in [0.5, 0.6) is 0 Å². The summed E-state index contributed by atoms with van der Waals surface area (Å²) in [5.41, 5.74) is 16.6. The largest absolute Gasteiger partial charge is 0.396 e. The fourth-order valence-corrected chi connectivity index (χ4v) is 7.13. The predicted molar refractivity (Wildman–Crippen MR) is 129 cm³/mol. The van der Waals surface area contributed by atoms with Gasteiger partial charge < -0.3 is 26.2 Å². The number of anilines is 3. The molecule has 0 radical (unpaired) electrons. The van der Waals surface area contributed by atoms with Gasteiger partial charge in [-0.25, -0.2) is 9.97 Å². The molecule has 6 rings (SSSR count). The Morgan fingerprint density at radius 2 is 2.03 bits per heavy atom. The average molecular weight is 467 g/mol. The standard InChI is InChI=1S/C23H30N8OS/c1-13-11-26-9-4-10-31(13)22-28-12-27-21(29-22)18-14-5-2-7-23(19(14)30-32-18)8-3-6-15-16(23)17(24)20(25)33-15/h12-13,26H,2-11,24-25H2,1H3/t13-,23-/m0/s1. The van der Waals surface area contributed by atoms with E-state index >= 15 is 0 Å². The Balaban J connectivity index is 1.42. The number of hydrogen-bond acceptors (Lipinski definition) is 10. The molecule has 1 saturated heterocycles. The van der Waals surface area contributed by atoms with Gasteiger partial charge >= 0.3 is 0 Å². The summed E-state index contributed by atoms with van der Waals surface area (Å²) in [5, 5.41) is 8.83. The summed E-state index contributed by atoms with van der Waals surface area (Å²) in [6.07, 6.45) is 8.75. The van der Waals surface area contributed by atoms with Gasteiger partial charge in [-0.05, 0) is 58.4 Å². The maximum atomic E-state index is 6.52. The lowest BCUT2D eigenvalue weighted by atomic mass is 9.63. The van der Waals surface area contributed by atoms with Gasteiger partial charge in [0.2, 0.25) is 17.5 Å². The first-order valence-electron chi connectivity index (χ1n) is 11.9. The van der Waals surface area contributed by atoms with E-state index < -0.39 is 0 Å². The summed E-state index contributed by atoms with van der Waals surface area (Å²) < 4.78 is 5.98. The topological polar surface area (TPSA) is 132 Å². The first-order chi connectivity index (χ1) is 16.1. The SMILES string of the molecule is C[C@H]1CNCCCN1c1ncnc(-c2onc3c2CCC[C@@]32CCCc3sc(N)c(N)c32)n1. The number of thiophene rings is 1. The van der Waals surface area contributed by atoms with Gasteiger partial charge in [-0.15, -0.1) is 11.3 Å². The lowest BCUT2D eigenvalue weighted by molar-refractivity contribution is 0.338. The molecule has 9 nitrogen and oxygen atoms in total. The number of rotatable bonds is 2. The molecule has 3 aromatic rings. The van der Waals surface area contributed by atoms with Crippen molar-refractivity contribution in [3.05, 3.63) is 28.0 Å². The highest BCUT2D eigenvalue weighted by Gasteiger charge is 2.47. The van der Waals surface area contributed by atoms with Crippen molar-refractivity contribution in [2.75, 3.05) is 36.0 Å². The summed E-state index contributed by atoms with van der Waals surface area (Å²) >= 11 is 1.63. The van der Waals surface area contributed by atoms with Crippen LogP contribution in [0.1, 0.15) is 60.7 Å². The van der Waals surface area contributed by atoms with Crippen molar-refractivity contribution >= 4 is 28.0 Å². The van der Waals surface area contributed by atoms with Crippen molar-refractivity contribution in [1.82, 2.24) is 25.4 Å². The molecule has 5 N–H and O–H groups in total. The summed E-state index contributed by atoms with van der Waals surface area (Å²) in [6.45, 7) is 5.03. The number of nitrogen functional groups attached to an aromatic ring is 2. The van der Waals surface area contributed by atoms with Gasteiger partial charge in [0.05, 0.1) is 11.4 Å². The Hall–Kier alpha value is -2.72. The van der Waals surface area contributed by atoms with Crippen molar-refractivity contribution in [3.8, 4) is 11.6 Å². The molecule has 0 saturated carbocycles. The molecule has 10 heteroatoms. The zero-order valence-electron chi connectivity index (χ0n) is 18.9. The molecule has 0 aromatic carbocycles. The molecule has 0 unspecified atom stereocenters. The number of nitrogens with two attached hydrogens (primary N) is 2. The summed E-state index contributed by atoms with van der Waals surface area (Å²) in [6, 6.07) is 0.308. The smallest absolute Gasteiger partial charge is 0.229 e. The van der Waals surface area contributed by atoms with Crippen LogP contribution in [0.3, 0.4) is 0 Å². The van der Waals surface area contributed by atoms with Gasteiger partial charge in [0.15, 0.2) is 0 Å². The maximum Gasteiger partial charge on any atom is 0.229 e. The molecule has 4 heterocycles. The highest BCUT2D eigenvalue weighted by atomic mass is 32.1. The van der Waals surface area contributed by atoms with Gasteiger partial charge in [-0.3, -0.25) is 0 Å². The van der Waals surface area contributed by atoms with Gasteiger partial charge in [0.25, 0.3) is 0 Å². The molecular formula is C23H30N8OS. The fourth-order valence-electron chi connectivity index (χ4n) is 6.00. The van der Waals surface area contributed by atoms with E-state index in [0.29, 0.717) is 23.6 Å². The summed E-state index contributed by atoms with van der Waals surface area (Å²) in [7, 11) is 0. The Morgan fingerprint density at radius 1 is 1.18 bits per heavy atom. The number of fused-ring (bicyclic) bond motifs is 4. The molecular weight excluding hydrogens is 436 g/mol. The number of hydrogen-bond donors (Lipinski definition) is 3. The van der Waals surface area contributed by atoms with Crippen LogP contribution in [0.4, 0.5) is 16.6 Å². The van der Waals surface area contributed by atoms with E-state index in [9.17, 15) is 0 Å². The number of nitrogens with zero attached hydrogens (tertiary/aromatic N) is 5. The Labute approximate surface area is 197 Å². The van der Waals surface area contributed by atoms with Crippen LogP contribution in [0.2, 0.25) is 0 Å². The van der Waals surface area contributed by atoms with E-state index in [-0.39, 0.29) is 5.41 Å². The van der Waals surface area contributed by atoms with Crippen molar-refractivity contribution in [2.24, 2.45) is 0 Å². The number of nitrogens with one attached hydrogen (secondary N) is 1. The third kappa shape index (κ3) is 3.22. The van der Waals surface area contributed by atoms with Gasteiger partial charge in [0, 0.05) is 40.6 Å². The van der Waals surface area contributed by atoms with E-state index in [2.05, 4.69) is 32.3 Å². The third-order valence-electron chi connectivity index (χ3n) is 7.55. The third-order valence-corrected chi connectivity index (χ3v) is 8.64. The van der Waals surface area contributed by atoms with Crippen LogP contribution < -0.4 is 21.7 Å². The van der Waals surface area contributed by atoms with Gasteiger partial charge in [-0.2, -0.15) is 4.98 Å². The van der Waals surface area contributed by atoms with Gasteiger partial charge in [-0.1, -0.05) is 5.16 Å². The fraction of sp³-hybridized carbons (Fsp3) is 0.565. The molecule has 174 valence electrons. The molecule has 2 atom stereocenters. The minimum Gasteiger partial charge on any atom is -0.396 e. The van der Waals surface area contributed by atoms with E-state index in [1.54, 1.807) is 17.7 Å². The predicted octanol–water partition coefficient (Wildman–Crippen LogP) is 2.90. The second-order valence-corrected chi connectivity index (χ2v) is 10.7. The quantitative estimate of drug-likeness (QED) is 0.521. The minimum atomic E-state index is -0.220. The molecule has 3 aliphatic rings. The van der Waals surface area contributed by atoms with Crippen molar-refractivity contribution in [1.29, 1.82) is 0 Å². The molecule has 0 amide bonds. The highest BCUT2D eigenvalue weighted by molar-refractivity contribution is 7.16. The van der Waals surface area contributed by atoms with Crippen molar-refractivity contribution < 1.29 is 4.52 Å². The lowest BCUT2D eigenvalue weighted by Gasteiger charge is -2.39.